The monoisotopic (exact) mass is 374 g/mol. The smallest absolute Gasteiger partial charge is 0.303 e. The minimum atomic E-state index is -4.19. The van der Waals surface area contributed by atoms with E-state index in [1.807, 2.05) is 0 Å². The van der Waals surface area contributed by atoms with Gasteiger partial charge in [0.25, 0.3) is 0 Å². The number of rotatable bonds is 10. The molecule has 0 radical (unpaired) electrons. The molecule has 25 heavy (non-hydrogen) atoms. The Bertz CT molecular complexity index is 706. The second-order valence-corrected chi connectivity index (χ2v) is 7.60. The van der Waals surface area contributed by atoms with Crippen LogP contribution >= 0.6 is 0 Å². The van der Waals surface area contributed by atoms with Crippen molar-refractivity contribution in [2.45, 2.75) is 44.0 Å². The summed E-state index contributed by atoms with van der Waals surface area (Å²) in [5.41, 5.74) is 0. The molecule has 0 bridgehead atoms. The molecular formula is C16H23FN2O5S. The molecule has 0 spiro atoms. The van der Waals surface area contributed by atoms with E-state index in [-0.39, 0.29) is 18.9 Å². The van der Waals surface area contributed by atoms with Gasteiger partial charge in [-0.25, -0.2) is 12.8 Å². The molecular weight excluding hydrogens is 351 g/mol. The minimum Gasteiger partial charge on any atom is -0.481 e. The fourth-order valence-corrected chi connectivity index (χ4v) is 3.53. The molecule has 0 heterocycles. The molecule has 1 unspecified atom stereocenters. The summed E-state index contributed by atoms with van der Waals surface area (Å²) < 4.78 is 40.6. The summed E-state index contributed by atoms with van der Waals surface area (Å²) in [4.78, 5) is 22.1. The lowest BCUT2D eigenvalue weighted by Gasteiger charge is -2.21. The lowest BCUT2D eigenvalue weighted by atomic mass is 10.1. The van der Waals surface area contributed by atoms with Crippen molar-refractivity contribution in [2.24, 2.45) is 5.92 Å². The van der Waals surface area contributed by atoms with E-state index in [2.05, 4.69) is 10.0 Å². The molecule has 1 aromatic rings. The largest absolute Gasteiger partial charge is 0.481 e. The molecule has 0 saturated carbocycles. The van der Waals surface area contributed by atoms with Crippen molar-refractivity contribution in [3.8, 4) is 0 Å². The van der Waals surface area contributed by atoms with E-state index in [1.165, 1.54) is 12.1 Å². The summed E-state index contributed by atoms with van der Waals surface area (Å²) in [6, 6.07) is 3.85. The van der Waals surface area contributed by atoms with Gasteiger partial charge in [0.15, 0.2) is 0 Å². The number of hydrogen-bond donors (Lipinski definition) is 3. The molecule has 0 aliphatic heterocycles. The standard InChI is InChI=1S/C16H23FN2O5S/c1-11(2)15(16(22)18-10-6-5-9-14(20)21)19-25(23,24)13-8-4-3-7-12(13)17/h3-4,7-8,11,15,19H,5-6,9-10H2,1-2H3,(H,18,22)(H,20,21). The molecule has 0 aromatic heterocycles. The molecule has 0 aliphatic carbocycles. The third-order valence-corrected chi connectivity index (χ3v) is 4.95. The van der Waals surface area contributed by atoms with E-state index >= 15 is 0 Å². The maximum absolute atomic E-state index is 13.7. The topological polar surface area (TPSA) is 113 Å². The zero-order chi connectivity index (χ0) is 19.0. The van der Waals surface area contributed by atoms with Crippen molar-refractivity contribution in [3.63, 3.8) is 0 Å². The minimum absolute atomic E-state index is 0.00337. The maximum Gasteiger partial charge on any atom is 0.303 e. The Morgan fingerprint density at radius 2 is 1.84 bits per heavy atom. The Kier molecular flexibility index (Phi) is 7.98. The summed E-state index contributed by atoms with van der Waals surface area (Å²) in [5, 5.41) is 11.1. The van der Waals surface area contributed by atoms with Crippen molar-refractivity contribution in [1.82, 2.24) is 10.0 Å². The summed E-state index contributed by atoms with van der Waals surface area (Å²) >= 11 is 0. The second-order valence-electron chi connectivity index (χ2n) is 5.92. The highest BCUT2D eigenvalue weighted by Gasteiger charge is 2.29. The third kappa shape index (κ3) is 6.79. The van der Waals surface area contributed by atoms with Gasteiger partial charge in [-0.3, -0.25) is 9.59 Å². The van der Waals surface area contributed by atoms with Gasteiger partial charge in [-0.2, -0.15) is 4.72 Å². The van der Waals surface area contributed by atoms with Crippen LogP contribution in [0.3, 0.4) is 0 Å². The average Bonchev–Trinajstić information content (AvgIpc) is 2.51. The normalized spacial score (nSPS) is 12.8. The van der Waals surface area contributed by atoms with E-state index < -0.39 is 38.7 Å². The Balaban J connectivity index is 2.72. The Labute approximate surface area is 146 Å². The van der Waals surface area contributed by atoms with E-state index in [1.54, 1.807) is 13.8 Å². The number of sulfonamides is 1. The number of amides is 1. The molecule has 3 N–H and O–H groups in total. The molecule has 9 heteroatoms. The molecule has 0 saturated heterocycles. The van der Waals surface area contributed by atoms with E-state index in [9.17, 15) is 22.4 Å². The average molecular weight is 374 g/mol. The van der Waals surface area contributed by atoms with Crippen LogP contribution in [0.5, 0.6) is 0 Å². The lowest BCUT2D eigenvalue weighted by Crippen LogP contribution is -2.49. The fraction of sp³-hybridized carbons (Fsp3) is 0.500. The Hall–Kier alpha value is -2.00. The summed E-state index contributed by atoms with van der Waals surface area (Å²) in [6.07, 6.45) is 0.870. The zero-order valence-corrected chi connectivity index (χ0v) is 15.0. The fourth-order valence-electron chi connectivity index (χ4n) is 2.11. The van der Waals surface area contributed by atoms with Gasteiger partial charge >= 0.3 is 5.97 Å². The van der Waals surface area contributed by atoms with Gasteiger partial charge in [0.2, 0.25) is 15.9 Å². The van der Waals surface area contributed by atoms with Gasteiger partial charge in [-0.1, -0.05) is 26.0 Å². The first-order chi connectivity index (χ1) is 11.6. The predicted octanol–water partition coefficient (Wildman–Crippen LogP) is 1.50. The molecule has 0 aliphatic rings. The molecule has 7 nitrogen and oxygen atoms in total. The summed E-state index contributed by atoms with van der Waals surface area (Å²) in [6.45, 7) is 3.56. The quantitative estimate of drug-likeness (QED) is 0.537. The van der Waals surface area contributed by atoms with Gasteiger partial charge in [-0.05, 0) is 30.9 Å². The number of unbranched alkanes of at least 4 members (excludes halogenated alkanes) is 1. The second kappa shape index (κ2) is 9.47. The van der Waals surface area contributed by atoms with Gasteiger partial charge in [-0.15, -0.1) is 0 Å². The number of carboxylic acid groups (broad SMARTS) is 1. The van der Waals surface area contributed by atoms with Crippen LogP contribution in [0.15, 0.2) is 29.2 Å². The van der Waals surface area contributed by atoms with Crippen LogP contribution in [0, 0.1) is 11.7 Å². The number of carbonyl (C=O) groups is 2. The molecule has 1 atom stereocenters. The van der Waals surface area contributed by atoms with Crippen molar-refractivity contribution in [1.29, 1.82) is 0 Å². The van der Waals surface area contributed by atoms with Crippen LogP contribution < -0.4 is 10.0 Å². The lowest BCUT2D eigenvalue weighted by molar-refractivity contribution is -0.137. The first-order valence-electron chi connectivity index (χ1n) is 7.91. The number of nitrogens with one attached hydrogen (secondary N) is 2. The van der Waals surface area contributed by atoms with Crippen molar-refractivity contribution >= 4 is 21.9 Å². The molecule has 0 fully saturated rings. The van der Waals surface area contributed by atoms with Gasteiger partial charge in [0.1, 0.15) is 16.8 Å². The SMILES string of the molecule is CC(C)C(NS(=O)(=O)c1ccccc1F)C(=O)NCCCCC(=O)O. The van der Waals surface area contributed by atoms with Crippen molar-refractivity contribution in [3.05, 3.63) is 30.1 Å². The summed E-state index contributed by atoms with van der Waals surface area (Å²) in [5.74, 6) is -2.71. The molecule has 1 aromatic carbocycles. The molecule has 1 amide bonds. The number of hydrogen-bond acceptors (Lipinski definition) is 4. The van der Waals surface area contributed by atoms with E-state index in [4.69, 9.17) is 5.11 Å². The van der Waals surface area contributed by atoms with E-state index in [0.717, 1.165) is 12.1 Å². The number of benzene rings is 1. The van der Waals surface area contributed by atoms with Gasteiger partial charge < -0.3 is 10.4 Å². The Morgan fingerprint density at radius 3 is 2.40 bits per heavy atom. The van der Waals surface area contributed by atoms with Crippen molar-refractivity contribution in [2.75, 3.05) is 6.54 Å². The van der Waals surface area contributed by atoms with Crippen LogP contribution in [0.1, 0.15) is 33.1 Å². The maximum atomic E-state index is 13.7. The van der Waals surface area contributed by atoms with Crippen LogP contribution in [0.25, 0.3) is 0 Å². The first-order valence-corrected chi connectivity index (χ1v) is 9.40. The number of aliphatic carboxylic acids is 1. The van der Waals surface area contributed by atoms with Crippen LogP contribution in [-0.4, -0.2) is 38.0 Å². The summed E-state index contributed by atoms with van der Waals surface area (Å²) in [7, 11) is -4.19. The zero-order valence-electron chi connectivity index (χ0n) is 14.2. The highest BCUT2D eigenvalue weighted by Crippen LogP contribution is 2.15. The number of carboxylic acids is 1. The number of carbonyl (C=O) groups excluding carboxylic acids is 1. The highest BCUT2D eigenvalue weighted by atomic mass is 32.2. The Morgan fingerprint density at radius 1 is 1.20 bits per heavy atom. The van der Waals surface area contributed by atoms with Gasteiger partial charge in [0.05, 0.1) is 0 Å². The molecule has 1 rings (SSSR count). The van der Waals surface area contributed by atoms with Crippen LogP contribution in [0.2, 0.25) is 0 Å². The van der Waals surface area contributed by atoms with Crippen LogP contribution in [0.4, 0.5) is 4.39 Å². The van der Waals surface area contributed by atoms with Crippen LogP contribution in [-0.2, 0) is 19.6 Å². The highest BCUT2D eigenvalue weighted by molar-refractivity contribution is 7.89. The first kappa shape index (κ1) is 21.0. The van der Waals surface area contributed by atoms with E-state index in [0.29, 0.717) is 12.8 Å². The third-order valence-electron chi connectivity index (χ3n) is 3.47. The molecule has 140 valence electrons. The number of halogens is 1. The van der Waals surface area contributed by atoms with Crippen molar-refractivity contribution < 1.29 is 27.5 Å². The van der Waals surface area contributed by atoms with Gasteiger partial charge in [0, 0.05) is 13.0 Å². The predicted molar refractivity (Wildman–Crippen MR) is 89.8 cm³/mol.